The number of carbonyl (C=O) groups is 2. The second-order valence-electron chi connectivity index (χ2n) is 8.37. The average molecular weight is 616 g/mol. The molecule has 10 nitrogen and oxygen atoms in total. The first-order valence-corrected chi connectivity index (χ1v) is 14.6. The summed E-state index contributed by atoms with van der Waals surface area (Å²) in [6.45, 7) is 2.79. The molecule has 1 N–H and O–H groups in total. The normalized spacial score (nSPS) is 14.9. The first-order chi connectivity index (χ1) is 19.1. The molecule has 4 rings (SSSR count). The number of benzene rings is 2. The van der Waals surface area contributed by atoms with Crippen LogP contribution in [0, 0.1) is 11.6 Å². The van der Waals surface area contributed by atoms with Crippen LogP contribution >= 0.6 is 22.9 Å². The molecule has 2 aromatic carbocycles. The number of anilines is 1. The maximum absolute atomic E-state index is 14.4. The number of thiazole rings is 1. The Morgan fingerprint density at radius 2 is 1.88 bits per heavy atom. The fourth-order valence-electron chi connectivity index (χ4n) is 3.74. The highest BCUT2D eigenvalue weighted by Gasteiger charge is 2.29. The number of rotatable bonds is 10. The van der Waals surface area contributed by atoms with Gasteiger partial charge in [-0.2, -0.15) is 4.31 Å². The van der Waals surface area contributed by atoms with E-state index in [0.29, 0.717) is 6.07 Å². The van der Waals surface area contributed by atoms with E-state index in [-0.39, 0.29) is 65.0 Å². The zero-order valence-electron chi connectivity index (χ0n) is 21.1. The van der Waals surface area contributed by atoms with Crippen molar-refractivity contribution in [1.29, 1.82) is 0 Å². The van der Waals surface area contributed by atoms with Gasteiger partial charge < -0.3 is 14.2 Å². The number of ether oxygens (including phenoxy) is 3. The van der Waals surface area contributed by atoms with Crippen molar-refractivity contribution in [2.75, 3.05) is 38.2 Å². The third-order valence-corrected chi connectivity index (χ3v) is 8.83. The van der Waals surface area contributed by atoms with Gasteiger partial charge >= 0.3 is 5.97 Å². The van der Waals surface area contributed by atoms with Crippen LogP contribution in [-0.2, 0) is 35.5 Å². The zero-order chi connectivity index (χ0) is 28.9. The molecule has 214 valence electrons. The van der Waals surface area contributed by atoms with Crippen LogP contribution in [-0.4, -0.2) is 62.5 Å². The van der Waals surface area contributed by atoms with Crippen molar-refractivity contribution in [2.45, 2.75) is 24.3 Å². The number of hydrogen-bond acceptors (Lipinski definition) is 9. The van der Waals surface area contributed by atoms with E-state index in [0.717, 1.165) is 23.5 Å². The fraction of sp³-hybridized carbons (Fsp3) is 0.320. The van der Waals surface area contributed by atoms with E-state index < -0.39 is 45.4 Å². The fourth-order valence-corrected chi connectivity index (χ4v) is 6.19. The van der Waals surface area contributed by atoms with Gasteiger partial charge in [0.2, 0.25) is 16.1 Å². The van der Waals surface area contributed by atoms with Crippen molar-refractivity contribution in [2.24, 2.45) is 0 Å². The Morgan fingerprint density at radius 1 is 1.18 bits per heavy atom. The lowest BCUT2D eigenvalue weighted by Crippen LogP contribution is -2.40. The molecule has 40 heavy (non-hydrogen) atoms. The molecule has 1 unspecified atom stereocenters. The van der Waals surface area contributed by atoms with Gasteiger partial charge in [0.25, 0.3) is 5.91 Å². The summed E-state index contributed by atoms with van der Waals surface area (Å²) in [5.74, 6) is -3.64. The molecule has 1 aliphatic heterocycles. The molecule has 0 aliphatic carbocycles. The number of amides is 1. The summed E-state index contributed by atoms with van der Waals surface area (Å²) in [4.78, 5) is 29.3. The van der Waals surface area contributed by atoms with Gasteiger partial charge in [0.1, 0.15) is 10.2 Å². The number of nitrogens with zero attached hydrogens (tertiary/aromatic N) is 2. The molecule has 1 aromatic heterocycles. The van der Waals surface area contributed by atoms with E-state index in [1.807, 2.05) is 0 Å². The Labute approximate surface area is 237 Å². The van der Waals surface area contributed by atoms with Crippen molar-refractivity contribution in [3.63, 3.8) is 0 Å². The molecule has 1 atom stereocenters. The third kappa shape index (κ3) is 7.12. The highest BCUT2D eigenvalue weighted by Crippen LogP contribution is 2.31. The minimum Gasteiger partial charge on any atom is -0.473 e. The van der Waals surface area contributed by atoms with E-state index in [1.54, 1.807) is 6.92 Å². The highest BCUT2D eigenvalue weighted by atomic mass is 35.5. The van der Waals surface area contributed by atoms with Crippen molar-refractivity contribution in [3.8, 4) is 5.75 Å². The molecule has 0 bridgehead atoms. The van der Waals surface area contributed by atoms with Crippen LogP contribution in [0.3, 0.4) is 0 Å². The molecule has 2 heterocycles. The van der Waals surface area contributed by atoms with Crippen LogP contribution in [0.2, 0.25) is 4.34 Å². The Kier molecular flexibility index (Phi) is 9.68. The van der Waals surface area contributed by atoms with E-state index in [2.05, 4.69) is 10.3 Å². The van der Waals surface area contributed by atoms with Gasteiger partial charge in [-0.1, -0.05) is 35.1 Å². The van der Waals surface area contributed by atoms with E-state index in [4.69, 9.17) is 25.8 Å². The summed E-state index contributed by atoms with van der Waals surface area (Å²) in [6, 6.07) is 7.93. The summed E-state index contributed by atoms with van der Waals surface area (Å²) in [6.07, 6.45) is -1.71. The van der Waals surface area contributed by atoms with Crippen LogP contribution in [0.5, 0.6) is 5.75 Å². The summed E-state index contributed by atoms with van der Waals surface area (Å²) in [5.41, 5.74) is 0.372. The van der Waals surface area contributed by atoms with Gasteiger partial charge in [0.15, 0.2) is 16.7 Å². The van der Waals surface area contributed by atoms with Gasteiger partial charge in [-0.05, 0) is 31.2 Å². The molecule has 15 heteroatoms. The molecule has 1 saturated heterocycles. The first-order valence-electron chi connectivity index (χ1n) is 12.0. The van der Waals surface area contributed by atoms with Gasteiger partial charge in [-0.3, -0.25) is 14.9 Å². The van der Waals surface area contributed by atoms with Crippen LogP contribution < -0.4 is 10.1 Å². The predicted octanol–water partition coefficient (Wildman–Crippen LogP) is 3.96. The monoisotopic (exact) mass is 615 g/mol. The van der Waals surface area contributed by atoms with Crippen molar-refractivity contribution < 1.29 is 41.0 Å². The van der Waals surface area contributed by atoms with E-state index in [1.165, 1.54) is 28.6 Å². The number of morpholine rings is 1. The standard InChI is InChI=1S/C25H24ClF2N3O7S2/c1-2-37-21(32)14-19-23(26)39-25(29-19)30-24(33)22(38-20-8-5-16(27)13-18(20)28)15-3-6-17(7-4-15)40(34,35)31-9-11-36-12-10-31/h3-8,13,22H,2,9-12,14H2,1H3,(H,29,30,33). The molecule has 0 radical (unpaired) electrons. The predicted molar refractivity (Wildman–Crippen MR) is 142 cm³/mol. The number of hydrogen-bond donors (Lipinski definition) is 1. The molecule has 0 saturated carbocycles. The highest BCUT2D eigenvalue weighted by molar-refractivity contribution is 7.89. The second kappa shape index (κ2) is 13.0. The Bertz CT molecular complexity index is 1480. The molecule has 0 spiro atoms. The van der Waals surface area contributed by atoms with Gasteiger partial charge in [0.05, 0.1) is 36.8 Å². The molecular formula is C25H24ClF2N3O7S2. The van der Waals surface area contributed by atoms with Gasteiger partial charge in [0, 0.05) is 24.7 Å². The smallest absolute Gasteiger partial charge is 0.311 e. The summed E-state index contributed by atoms with van der Waals surface area (Å²) >= 11 is 7.06. The summed E-state index contributed by atoms with van der Waals surface area (Å²) in [5, 5.41) is 2.56. The maximum atomic E-state index is 14.4. The average Bonchev–Trinajstić information content (AvgIpc) is 3.26. The number of esters is 1. The largest absolute Gasteiger partial charge is 0.473 e. The van der Waals surface area contributed by atoms with Gasteiger partial charge in [-0.25, -0.2) is 22.2 Å². The van der Waals surface area contributed by atoms with Crippen LogP contribution in [0.15, 0.2) is 47.4 Å². The lowest BCUT2D eigenvalue weighted by Gasteiger charge is -2.26. The summed E-state index contributed by atoms with van der Waals surface area (Å²) in [7, 11) is -3.81. The Morgan fingerprint density at radius 3 is 2.52 bits per heavy atom. The van der Waals surface area contributed by atoms with Crippen LogP contribution in [0.1, 0.15) is 24.3 Å². The molecular weight excluding hydrogens is 592 g/mol. The van der Waals surface area contributed by atoms with Gasteiger partial charge in [-0.15, -0.1) is 0 Å². The zero-order valence-corrected chi connectivity index (χ0v) is 23.5. The minimum atomic E-state index is -3.81. The number of carbonyl (C=O) groups excluding carboxylic acids is 2. The first kappa shape index (κ1) is 29.8. The minimum absolute atomic E-state index is 0.0133. The van der Waals surface area contributed by atoms with Crippen molar-refractivity contribution in [1.82, 2.24) is 9.29 Å². The van der Waals surface area contributed by atoms with Crippen LogP contribution in [0.4, 0.5) is 13.9 Å². The van der Waals surface area contributed by atoms with Crippen LogP contribution in [0.25, 0.3) is 0 Å². The quantitative estimate of drug-likeness (QED) is 0.340. The molecule has 1 aliphatic rings. The SMILES string of the molecule is CCOC(=O)Cc1nc(NC(=O)C(Oc2ccc(F)cc2F)c2ccc(S(=O)(=O)N3CCOCC3)cc2)sc1Cl. The second-order valence-corrected chi connectivity index (χ2v) is 11.9. The number of aromatic nitrogens is 1. The summed E-state index contributed by atoms with van der Waals surface area (Å²) < 4.78 is 71.0. The molecule has 1 fully saturated rings. The maximum Gasteiger partial charge on any atom is 0.311 e. The molecule has 1 amide bonds. The van der Waals surface area contributed by atoms with E-state index >= 15 is 0 Å². The number of sulfonamides is 1. The lowest BCUT2D eigenvalue weighted by atomic mass is 10.1. The Balaban J connectivity index is 1.60. The number of nitrogens with one attached hydrogen (secondary N) is 1. The van der Waals surface area contributed by atoms with Crippen molar-refractivity contribution >= 4 is 50.0 Å². The molecule has 3 aromatic rings. The topological polar surface area (TPSA) is 124 Å². The third-order valence-electron chi connectivity index (χ3n) is 5.66. The number of halogens is 3. The van der Waals surface area contributed by atoms with E-state index in [9.17, 15) is 26.8 Å². The Hall–Kier alpha value is -3.17. The van der Waals surface area contributed by atoms with Crippen molar-refractivity contribution in [3.05, 3.63) is 69.7 Å². The lowest BCUT2D eigenvalue weighted by molar-refractivity contribution is -0.142.